The Morgan fingerprint density at radius 1 is 0.818 bits per heavy atom. The lowest BCUT2D eigenvalue weighted by Gasteiger charge is -2.17. The van der Waals surface area contributed by atoms with Crippen molar-refractivity contribution >= 4 is 27.6 Å². The zero-order valence-corrected chi connectivity index (χ0v) is 16.7. The summed E-state index contributed by atoms with van der Waals surface area (Å²) < 4.78 is 13.3. The molecular formula is C18H31OPS2. The van der Waals surface area contributed by atoms with Crippen LogP contribution in [0.3, 0.4) is 0 Å². The summed E-state index contributed by atoms with van der Waals surface area (Å²) in [5.74, 6) is 0. The standard InChI is InChI=1S/C18H31OPS2/c1-3-5-7-12-16-20(19,17-13-8-6-4-2)22-21-18-14-10-9-11-15-18/h9-11,14-15H,3-8,12-13,16-17H2,1-2H3. The van der Waals surface area contributed by atoms with Crippen LogP contribution in [0.1, 0.15) is 65.2 Å². The van der Waals surface area contributed by atoms with E-state index >= 15 is 0 Å². The monoisotopic (exact) mass is 358 g/mol. The second-order valence-electron chi connectivity index (χ2n) is 5.85. The van der Waals surface area contributed by atoms with Gasteiger partial charge in [0.2, 0.25) is 0 Å². The summed E-state index contributed by atoms with van der Waals surface area (Å²) in [5.41, 5.74) is 0. The smallest absolute Gasteiger partial charge is 0.149 e. The summed E-state index contributed by atoms with van der Waals surface area (Å²) in [6, 6.07) is 10.3. The van der Waals surface area contributed by atoms with Gasteiger partial charge in [-0.25, -0.2) is 0 Å². The first-order valence-electron chi connectivity index (χ1n) is 8.69. The van der Waals surface area contributed by atoms with Crippen molar-refractivity contribution in [2.45, 2.75) is 70.1 Å². The molecule has 0 amide bonds. The molecule has 0 radical (unpaired) electrons. The zero-order chi connectivity index (χ0) is 16.1. The molecule has 1 rings (SSSR count). The molecule has 1 aromatic carbocycles. The fourth-order valence-electron chi connectivity index (χ4n) is 2.33. The Kier molecular flexibility index (Phi) is 11.5. The Bertz CT molecular complexity index is 406. The highest BCUT2D eigenvalue weighted by atomic mass is 33.3. The fourth-order valence-corrected chi connectivity index (χ4v) is 10.2. The first-order chi connectivity index (χ1) is 10.7. The quantitative estimate of drug-likeness (QED) is 0.203. The predicted molar refractivity (Wildman–Crippen MR) is 106 cm³/mol. The van der Waals surface area contributed by atoms with Gasteiger partial charge in [0.25, 0.3) is 0 Å². The van der Waals surface area contributed by atoms with Crippen molar-refractivity contribution in [3.05, 3.63) is 30.3 Å². The molecule has 0 aromatic heterocycles. The number of rotatable bonds is 13. The summed E-state index contributed by atoms with van der Waals surface area (Å²) >= 11 is 0. The highest BCUT2D eigenvalue weighted by Crippen LogP contribution is 2.66. The molecule has 0 saturated heterocycles. The van der Waals surface area contributed by atoms with Crippen LogP contribution in [-0.4, -0.2) is 12.3 Å². The molecule has 0 heterocycles. The van der Waals surface area contributed by atoms with Crippen molar-refractivity contribution in [2.75, 3.05) is 12.3 Å². The van der Waals surface area contributed by atoms with Crippen LogP contribution < -0.4 is 0 Å². The molecule has 0 fully saturated rings. The summed E-state index contributed by atoms with van der Waals surface area (Å²) in [4.78, 5) is 1.22. The molecule has 1 aromatic rings. The van der Waals surface area contributed by atoms with E-state index in [2.05, 4.69) is 38.1 Å². The van der Waals surface area contributed by atoms with Gasteiger partial charge in [0, 0.05) is 17.2 Å². The van der Waals surface area contributed by atoms with Gasteiger partial charge in [0.15, 0.2) is 0 Å². The van der Waals surface area contributed by atoms with E-state index in [4.69, 9.17) is 0 Å². The number of benzene rings is 1. The van der Waals surface area contributed by atoms with Crippen molar-refractivity contribution in [3.63, 3.8) is 0 Å². The van der Waals surface area contributed by atoms with Crippen molar-refractivity contribution in [1.29, 1.82) is 0 Å². The maximum absolute atomic E-state index is 13.3. The van der Waals surface area contributed by atoms with Crippen molar-refractivity contribution in [2.24, 2.45) is 0 Å². The Labute approximate surface area is 144 Å². The van der Waals surface area contributed by atoms with Crippen LogP contribution in [0.5, 0.6) is 0 Å². The molecular weight excluding hydrogens is 327 g/mol. The molecule has 0 spiro atoms. The molecule has 0 aliphatic carbocycles. The van der Waals surface area contributed by atoms with E-state index in [1.807, 2.05) is 6.07 Å². The normalized spacial score (nSPS) is 11.7. The average Bonchev–Trinajstić information content (AvgIpc) is 2.55. The second-order valence-corrected chi connectivity index (χ2v) is 13.4. The molecule has 0 bridgehead atoms. The maximum atomic E-state index is 13.3. The molecule has 0 aliphatic heterocycles. The van der Waals surface area contributed by atoms with E-state index in [0.717, 1.165) is 25.2 Å². The number of hydrogen-bond donors (Lipinski definition) is 0. The molecule has 1 nitrogen and oxygen atoms in total. The minimum atomic E-state index is -2.09. The first kappa shape index (κ1) is 20.2. The lowest BCUT2D eigenvalue weighted by atomic mass is 10.2. The minimum absolute atomic E-state index is 0.920. The molecule has 0 aliphatic rings. The summed E-state index contributed by atoms with van der Waals surface area (Å²) in [6.45, 7) is 4.45. The fraction of sp³-hybridized carbons (Fsp3) is 0.667. The highest BCUT2D eigenvalue weighted by Gasteiger charge is 2.22. The van der Waals surface area contributed by atoms with Gasteiger partial charge in [0.05, 0.1) is 0 Å². The van der Waals surface area contributed by atoms with E-state index in [1.54, 1.807) is 21.2 Å². The molecule has 126 valence electrons. The van der Waals surface area contributed by atoms with Crippen LogP contribution >= 0.6 is 27.6 Å². The molecule has 0 atom stereocenters. The minimum Gasteiger partial charge on any atom is -0.311 e. The van der Waals surface area contributed by atoms with Gasteiger partial charge in [-0.15, -0.1) is 0 Å². The van der Waals surface area contributed by atoms with Gasteiger partial charge in [-0.05, 0) is 35.4 Å². The molecule has 22 heavy (non-hydrogen) atoms. The van der Waals surface area contributed by atoms with Crippen LogP contribution in [0.15, 0.2) is 35.2 Å². The predicted octanol–water partition coefficient (Wildman–Crippen LogP) is 7.87. The molecule has 0 saturated carbocycles. The molecule has 4 heteroatoms. The van der Waals surface area contributed by atoms with E-state index < -0.39 is 6.34 Å². The van der Waals surface area contributed by atoms with E-state index in [1.165, 1.54) is 43.4 Å². The topological polar surface area (TPSA) is 17.1 Å². The zero-order valence-electron chi connectivity index (χ0n) is 14.1. The van der Waals surface area contributed by atoms with E-state index in [-0.39, 0.29) is 0 Å². The van der Waals surface area contributed by atoms with Gasteiger partial charge in [-0.1, -0.05) is 81.4 Å². The summed E-state index contributed by atoms with van der Waals surface area (Å²) in [5, 5.41) is 0. The van der Waals surface area contributed by atoms with Crippen molar-refractivity contribution in [1.82, 2.24) is 0 Å². The van der Waals surface area contributed by atoms with Crippen LogP contribution in [0.2, 0.25) is 0 Å². The highest BCUT2D eigenvalue weighted by molar-refractivity contribution is 8.99. The third-order valence-corrected chi connectivity index (χ3v) is 12.4. The number of hydrogen-bond acceptors (Lipinski definition) is 3. The third-order valence-electron chi connectivity index (χ3n) is 3.72. The maximum Gasteiger partial charge on any atom is 0.149 e. The van der Waals surface area contributed by atoms with Gasteiger partial charge < -0.3 is 4.57 Å². The first-order valence-corrected chi connectivity index (χ1v) is 13.5. The Hall–Kier alpha value is 0.150. The van der Waals surface area contributed by atoms with E-state index in [9.17, 15) is 4.57 Å². The second kappa shape index (κ2) is 12.6. The Morgan fingerprint density at radius 2 is 1.36 bits per heavy atom. The number of unbranched alkanes of at least 4 members (excludes halogenated alkanes) is 6. The van der Waals surface area contributed by atoms with Crippen molar-refractivity contribution in [3.8, 4) is 0 Å². The summed E-state index contributed by atoms with van der Waals surface area (Å²) in [7, 11) is 3.37. The average molecular weight is 359 g/mol. The van der Waals surface area contributed by atoms with Crippen LogP contribution in [0.25, 0.3) is 0 Å². The summed E-state index contributed by atoms with van der Waals surface area (Å²) in [6.07, 6.45) is 9.49. The molecule has 0 N–H and O–H groups in total. The van der Waals surface area contributed by atoms with Gasteiger partial charge in [0.1, 0.15) is 6.34 Å². The van der Waals surface area contributed by atoms with Crippen LogP contribution in [0, 0.1) is 0 Å². The largest absolute Gasteiger partial charge is 0.311 e. The van der Waals surface area contributed by atoms with Crippen LogP contribution in [-0.2, 0) is 4.57 Å². The van der Waals surface area contributed by atoms with Gasteiger partial charge in [-0.2, -0.15) is 0 Å². The van der Waals surface area contributed by atoms with Crippen molar-refractivity contribution < 1.29 is 4.57 Å². The van der Waals surface area contributed by atoms with Gasteiger partial charge in [-0.3, -0.25) is 0 Å². The van der Waals surface area contributed by atoms with Crippen LogP contribution in [0.4, 0.5) is 0 Å². The van der Waals surface area contributed by atoms with Gasteiger partial charge >= 0.3 is 0 Å². The lowest BCUT2D eigenvalue weighted by molar-refractivity contribution is 0.576. The Balaban J connectivity index is 2.46. The SMILES string of the molecule is CCCCCCP(=O)(CCCCCC)SSc1ccccc1. The third kappa shape index (κ3) is 9.33. The Morgan fingerprint density at radius 3 is 1.86 bits per heavy atom. The molecule has 0 unspecified atom stereocenters. The lowest BCUT2D eigenvalue weighted by Crippen LogP contribution is -1.93. The van der Waals surface area contributed by atoms with E-state index in [0.29, 0.717) is 0 Å².